The van der Waals surface area contributed by atoms with Crippen LogP contribution < -0.4 is 10.2 Å². The fourth-order valence-electron chi connectivity index (χ4n) is 3.72. The van der Waals surface area contributed by atoms with Crippen molar-refractivity contribution in [2.75, 3.05) is 24.5 Å². The number of anilines is 1. The van der Waals surface area contributed by atoms with E-state index in [1.54, 1.807) is 0 Å². The second kappa shape index (κ2) is 7.85. The normalized spacial score (nSPS) is 16.6. The maximum Gasteiger partial charge on any atom is 0.261 e. The lowest BCUT2D eigenvalue weighted by atomic mass is 10.0. The quantitative estimate of drug-likeness (QED) is 0.703. The molecule has 0 aliphatic carbocycles. The summed E-state index contributed by atoms with van der Waals surface area (Å²) in [7, 11) is 0. The van der Waals surface area contributed by atoms with E-state index in [1.807, 2.05) is 13.8 Å². The zero-order valence-corrected chi connectivity index (χ0v) is 16.6. The van der Waals surface area contributed by atoms with E-state index in [0.29, 0.717) is 24.3 Å². The predicted octanol–water partition coefficient (Wildman–Crippen LogP) is 2.84. The van der Waals surface area contributed by atoms with Crippen LogP contribution in [0.5, 0.6) is 0 Å². The van der Waals surface area contributed by atoms with Crippen LogP contribution in [0.2, 0.25) is 0 Å². The van der Waals surface area contributed by atoms with Crippen LogP contribution in [0, 0.1) is 13.8 Å². The number of hydrogen-bond acceptors (Lipinski definition) is 7. The van der Waals surface area contributed by atoms with Crippen molar-refractivity contribution in [2.45, 2.75) is 45.8 Å². The molecule has 7 heteroatoms. The van der Waals surface area contributed by atoms with Crippen LogP contribution in [0.4, 0.5) is 5.82 Å². The molecule has 4 rings (SSSR count). The molecule has 1 aliphatic heterocycles. The monoisotopic (exact) mass is 381 g/mol. The first-order valence-corrected chi connectivity index (χ1v) is 9.88. The molecule has 1 aliphatic rings. The molecular weight excluding hydrogens is 354 g/mol. The maximum atomic E-state index is 9.49. The minimum absolute atomic E-state index is 0.323. The number of aliphatic hydroxyl groups excluding tert-OH is 1. The number of hydrogen-bond donors (Lipinski definition) is 2. The standard InChI is InChI=1S/C21H27N5O2/c1-13-4-5-19-16(10-13)11-18(21-23-15(3)25-28-21)20(24-19)26-8-6-17(7-9-26)22-12-14(2)27/h4-5,10-11,14,17,22,27H,6-9,12H2,1-3H3/t14-/m1/s1. The van der Waals surface area contributed by atoms with Crippen LogP contribution in [0.15, 0.2) is 28.8 Å². The molecule has 0 radical (unpaired) electrons. The Kier molecular flexibility index (Phi) is 5.28. The molecule has 0 amide bonds. The van der Waals surface area contributed by atoms with E-state index in [1.165, 1.54) is 5.56 Å². The fourth-order valence-corrected chi connectivity index (χ4v) is 3.72. The van der Waals surface area contributed by atoms with Gasteiger partial charge in [0.25, 0.3) is 5.89 Å². The van der Waals surface area contributed by atoms with Crippen LogP contribution in [0.1, 0.15) is 31.2 Å². The van der Waals surface area contributed by atoms with Crippen LogP contribution in [0.3, 0.4) is 0 Å². The van der Waals surface area contributed by atoms with Gasteiger partial charge in [-0.1, -0.05) is 16.8 Å². The topological polar surface area (TPSA) is 87.3 Å². The largest absolute Gasteiger partial charge is 0.392 e. The average molecular weight is 381 g/mol. The number of aliphatic hydroxyl groups is 1. The molecule has 0 bridgehead atoms. The minimum Gasteiger partial charge on any atom is -0.392 e. The molecule has 0 saturated carbocycles. The Morgan fingerprint density at radius 3 is 2.68 bits per heavy atom. The smallest absolute Gasteiger partial charge is 0.261 e. The van der Waals surface area contributed by atoms with Crippen LogP contribution in [-0.2, 0) is 0 Å². The van der Waals surface area contributed by atoms with Gasteiger partial charge in [-0.05, 0) is 51.8 Å². The van der Waals surface area contributed by atoms with Crippen LogP contribution in [-0.4, -0.2) is 52.0 Å². The molecule has 3 heterocycles. The summed E-state index contributed by atoms with van der Waals surface area (Å²) in [6, 6.07) is 8.80. The molecule has 2 N–H and O–H groups in total. The lowest BCUT2D eigenvalue weighted by Crippen LogP contribution is -2.44. The summed E-state index contributed by atoms with van der Waals surface area (Å²) in [6.07, 6.45) is 1.68. The number of piperidine rings is 1. The van der Waals surface area contributed by atoms with Gasteiger partial charge in [0, 0.05) is 31.1 Å². The highest BCUT2D eigenvalue weighted by molar-refractivity contribution is 5.88. The Labute approximate surface area is 164 Å². The van der Waals surface area contributed by atoms with E-state index in [-0.39, 0.29) is 6.10 Å². The molecule has 1 atom stereocenters. The minimum atomic E-state index is -0.323. The highest BCUT2D eigenvalue weighted by Crippen LogP contribution is 2.33. The highest BCUT2D eigenvalue weighted by Gasteiger charge is 2.25. The third kappa shape index (κ3) is 4.00. The summed E-state index contributed by atoms with van der Waals surface area (Å²) in [5.74, 6) is 2.03. The second-order valence-corrected chi connectivity index (χ2v) is 7.72. The first-order chi connectivity index (χ1) is 13.5. The van der Waals surface area contributed by atoms with Crippen molar-refractivity contribution in [1.82, 2.24) is 20.4 Å². The Hall–Kier alpha value is -2.51. The van der Waals surface area contributed by atoms with Gasteiger partial charge in [0.2, 0.25) is 0 Å². The molecule has 2 aromatic heterocycles. The van der Waals surface area contributed by atoms with E-state index in [9.17, 15) is 5.11 Å². The number of rotatable bonds is 5. The number of nitrogens with one attached hydrogen (secondary N) is 1. The highest BCUT2D eigenvalue weighted by atomic mass is 16.5. The van der Waals surface area contributed by atoms with Crippen molar-refractivity contribution in [3.05, 3.63) is 35.7 Å². The predicted molar refractivity (Wildman–Crippen MR) is 109 cm³/mol. The molecule has 148 valence electrons. The number of nitrogens with zero attached hydrogens (tertiary/aromatic N) is 4. The van der Waals surface area contributed by atoms with Crippen molar-refractivity contribution in [3.63, 3.8) is 0 Å². The molecule has 0 unspecified atom stereocenters. The van der Waals surface area contributed by atoms with Gasteiger partial charge >= 0.3 is 0 Å². The summed E-state index contributed by atoms with van der Waals surface area (Å²) in [5.41, 5.74) is 3.05. The van der Waals surface area contributed by atoms with Crippen LogP contribution >= 0.6 is 0 Å². The number of aromatic nitrogens is 3. The molecule has 0 spiro atoms. The van der Waals surface area contributed by atoms with Gasteiger partial charge in [0.15, 0.2) is 5.82 Å². The van der Waals surface area contributed by atoms with E-state index >= 15 is 0 Å². The van der Waals surface area contributed by atoms with Crippen LogP contribution in [0.25, 0.3) is 22.4 Å². The molecule has 7 nitrogen and oxygen atoms in total. The zero-order valence-electron chi connectivity index (χ0n) is 16.6. The fraction of sp³-hybridized carbons (Fsp3) is 0.476. The van der Waals surface area contributed by atoms with E-state index in [2.05, 4.69) is 51.5 Å². The average Bonchev–Trinajstić information content (AvgIpc) is 3.12. The van der Waals surface area contributed by atoms with Gasteiger partial charge < -0.3 is 19.8 Å². The van der Waals surface area contributed by atoms with Gasteiger partial charge in [-0.25, -0.2) is 4.98 Å². The second-order valence-electron chi connectivity index (χ2n) is 7.72. The summed E-state index contributed by atoms with van der Waals surface area (Å²) < 4.78 is 5.48. The first kappa shape index (κ1) is 18.8. The Bertz CT molecular complexity index is 961. The Morgan fingerprint density at radius 2 is 2.00 bits per heavy atom. The van der Waals surface area contributed by atoms with Crippen molar-refractivity contribution < 1.29 is 9.63 Å². The van der Waals surface area contributed by atoms with Crippen molar-refractivity contribution in [3.8, 4) is 11.5 Å². The first-order valence-electron chi connectivity index (χ1n) is 9.88. The lowest BCUT2D eigenvalue weighted by molar-refractivity contribution is 0.183. The number of aryl methyl sites for hydroxylation is 2. The molecular formula is C21H27N5O2. The summed E-state index contributed by atoms with van der Waals surface area (Å²) in [5, 5.41) is 18.0. The van der Waals surface area contributed by atoms with Gasteiger partial charge in [-0.15, -0.1) is 0 Å². The molecule has 1 aromatic carbocycles. The zero-order chi connectivity index (χ0) is 19.7. The summed E-state index contributed by atoms with van der Waals surface area (Å²) >= 11 is 0. The van der Waals surface area contributed by atoms with E-state index < -0.39 is 0 Å². The number of fused-ring (bicyclic) bond motifs is 1. The maximum absolute atomic E-state index is 9.49. The number of benzene rings is 1. The molecule has 1 fully saturated rings. The lowest BCUT2D eigenvalue weighted by Gasteiger charge is -2.34. The third-order valence-electron chi connectivity index (χ3n) is 5.20. The molecule has 3 aromatic rings. The van der Waals surface area contributed by atoms with Gasteiger partial charge in [-0.3, -0.25) is 0 Å². The Morgan fingerprint density at radius 1 is 1.21 bits per heavy atom. The van der Waals surface area contributed by atoms with Gasteiger partial charge in [0.1, 0.15) is 5.82 Å². The molecule has 1 saturated heterocycles. The van der Waals surface area contributed by atoms with E-state index in [4.69, 9.17) is 9.51 Å². The number of pyridine rings is 1. The van der Waals surface area contributed by atoms with Gasteiger partial charge in [-0.2, -0.15) is 4.98 Å². The summed E-state index contributed by atoms with van der Waals surface area (Å²) in [4.78, 5) is 11.7. The Balaban J connectivity index is 1.65. The van der Waals surface area contributed by atoms with Crippen molar-refractivity contribution >= 4 is 16.7 Å². The van der Waals surface area contributed by atoms with Crippen molar-refractivity contribution in [1.29, 1.82) is 0 Å². The summed E-state index contributed by atoms with van der Waals surface area (Å²) in [6.45, 7) is 8.12. The van der Waals surface area contributed by atoms with Crippen molar-refractivity contribution in [2.24, 2.45) is 0 Å². The van der Waals surface area contributed by atoms with Gasteiger partial charge in [0.05, 0.1) is 17.2 Å². The molecule has 28 heavy (non-hydrogen) atoms. The third-order valence-corrected chi connectivity index (χ3v) is 5.20. The SMILES string of the molecule is Cc1ccc2nc(N3CCC(NC[C@@H](C)O)CC3)c(-c3nc(C)no3)cc2c1. The van der Waals surface area contributed by atoms with E-state index in [0.717, 1.165) is 48.2 Å².